The molecule has 0 aromatic heterocycles. The number of rotatable bonds is 10. The highest BCUT2D eigenvalue weighted by Crippen LogP contribution is 2.18. The molecule has 0 aromatic rings. The molecule has 0 unspecified atom stereocenters. The zero-order valence-electron chi connectivity index (χ0n) is 15.2. The second kappa shape index (κ2) is 18.1. The molecule has 0 saturated heterocycles. The van der Waals surface area contributed by atoms with Gasteiger partial charge in [-0.3, -0.25) is 0 Å². The van der Waals surface area contributed by atoms with Crippen LogP contribution in [0.15, 0.2) is 0 Å². The van der Waals surface area contributed by atoms with E-state index in [1.165, 1.54) is 0 Å². The number of aliphatic hydroxyl groups excluding tert-OH is 6. The zero-order valence-corrected chi connectivity index (χ0v) is 15.2. The van der Waals surface area contributed by atoms with Gasteiger partial charge in [0.15, 0.2) is 0 Å². The largest absolute Gasteiger partial charge is 0.396 e. The first-order chi connectivity index (χ1) is 10.9. The monoisotopic (exact) mass is 342 g/mol. The van der Waals surface area contributed by atoms with E-state index in [1.54, 1.807) is 0 Å². The van der Waals surface area contributed by atoms with Crippen LogP contribution in [0.3, 0.4) is 0 Å². The standard InChI is InChI=1S/2C6H14O3.C4H10O/c2*1-2-6(3-7,4-8)5-9;1-3-5-4-2/h2*7-9H,2-5H2,1H3;3-4H2,1-2H3. The van der Waals surface area contributed by atoms with Crippen LogP contribution in [0.1, 0.15) is 40.5 Å². The molecule has 0 aliphatic heterocycles. The Bertz CT molecular complexity index is 159. The molecule has 23 heavy (non-hydrogen) atoms. The maximum Gasteiger partial charge on any atom is 0.0531 e. The lowest BCUT2D eigenvalue weighted by Gasteiger charge is -2.24. The van der Waals surface area contributed by atoms with Crippen LogP contribution in [0.2, 0.25) is 0 Å². The van der Waals surface area contributed by atoms with Gasteiger partial charge in [0.2, 0.25) is 0 Å². The Morgan fingerprint density at radius 2 is 0.739 bits per heavy atom. The Kier molecular flexibility index (Phi) is 21.6. The average molecular weight is 342 g/mol. The summed E-state index contributed by atoms with van der Waals surface area (Å²) in [5.74, 6) is 0. The lowest BCUT2D eigenvalue weighted by Crippen LogP contribution is -2.32. The summed E-state index contributed by atoms with van der Waals surface area (Å²) in [6, 6.07) is 0. The maximum atomic E-state index is 8.66. The summed E-state index contributed by atoms with van der Waals surface area (Å²) in [5.41, 5.74) is -1.33. The van der Waals surface area contributed by atoms with Gasteiger partial charge in [-0.15, -0.1) is 0 Å². The highest BCUT2D eigenvalue weighted by Gasteiger charge is 2.25. The number of hydrogen-bond acceptors (Lipinski definition) is 7. The molecule has 0 amide bonds. The topological polar surface area (TPSA) is 131 Å². The number of ether oxygens (including phenoxy) is 1. The van der Waals surface area contributed by atoms with Crippen molar-refractivity contribution < 1.29 is 35.4 Å². The molecule has 7 heteroatoms. The highest BCUT2D eigenvalue weighted by atomic mass is 16.5. The maximum absolute atomic E-state index is 8.66. The van der Waals surface area contributed by atoms with Crippen LogP contribution in [0.4, 0.5) is 0 Å². The smallest absolute Gasteiger partial charge is 0.0531 e. The van der Waals surface area contributed by atoms with Crippen molar-refractivity contribution in [2.75, 3.05) is 52.9 Å². The Labute approximate surface area is 140 Å². The molecule has 6 N–H and O–H groups in total. The number of hydrogen-bond donors (Lipinski definition) is 6. The minimum atomic E-state index is -0.667. The van der Waals surface area contributed by atoms with Crippen LogP contribution < -0.4 is 0 Å². The van der Waals surface area contributed by atoms with Crippen molar-refractivity contribution in [3.8, 4) is 0 Å². The van der Waals surface area contributed by atoms with Crippen molar-refractivity contribution in [3.05, 3.63) is 0 Å². The molecular weight excluding hydrogens is 304 g/mol. The predicted octanol–water partition coefficient (Wildman–Crippen LogP) is -0.238. The van der Waals surface area contributed by atoms with Gasteiger partial charge in [-0.2, -0.15) is 0 Å². The van der Waals surface area contributed by atoms with Gasteiger partial charge in [0, 0.05) is 24.0 Å². The number of aliphatic hydroxyl groups is 6. The summed E-state index contributed by atoms with van der Waals surface area (Å²) in [5, 5.41) is 51.9. The van der Waals surface area contributed by atoms with Gasteiger partial charge in [-0.1, -0.05) is 13.8 Å². The van der Waals surface area contributed by atoms with Crippen molar-refractivity contribution >= 4 is 0 Å². The minimum Gasteiger partial charge on any atom is -0.396 e. The van der Waals surface area contributed by atoms with E-state index in [1.807, 2.05) is 27.7 Å². The molecule has 0 aromatic carbocycles. The summed E-state index contributed by atoms with van der Waals surface area (Å²) < 4.78 is 4.83. The second-order valence-electron chi connectivity index (χ2n) is 5.44. The molecule has 0 radical (unpaired) electrons. The normalized spacial score (nSPS) is 11.2. The second-order valence-corrected chi connectivity index (χ2v) is 5.44. The first kappa shape index (κ1) is 27.6. The van der Waals surface area contributed by atoms with E-state index in [9.17, 15) is 0 Å². The fourth-order valence-electron chi connectivity index (χ4n) is 1.17. The van der Waals surface area contributed by atoms with Crippen LogP contribution in [-0.4, -0.2) is 83.5 Å². The van der Waals surface area contributed by atoms with Crippen LogP contribution in [0.25, 0.3) is 0 Å². The Balaban J connectivity index is -0.000000273. The van der Waals surface area contributed by atoms with E-state index in [0.29, 0.717) is 12.8 Å². The molecule has 0 spiro atoms. The fraction of sp³-hybridized carbons (Fsp3) is 1.00. The Morgan fingerprint density at radius 3 is 0.739 bits per heavy atom. The van der Waals surface area contributed by atoms with E-state index < -0.39 is 10.8 Å². The lowest BCUT2D eigenvalue weighted by atomic mass is 9.88. The lowest BCUT2D eigenvalue weighted by molar-refractivity contribution is 0.00275. The molecule has 144 valence electrons. The van der Waals surface area contributed by atoms with Crippen molar-refractivity contribution in [1.82, 2.24) is 0 Å². The fourth-order valence-corrected chi connectivity index (χ4v) is 1.17. The summed E-state index contributed by atoms with van der Waals surface area (Å²) in [7, 11) is 0. The van der Waals surface area contributed by atoms with Gasteiger partial charge in [0.25, 0.3) is 0 Å². The van der Waals surface area contributed by atoms with Crippen molar-refractivity contribution in [1.29, 1.82) is 0 Å². The quantitative estimate of drug-likeness (QED) is 0.323. The van der Waals surface area contributed by atoms with Gasteiger partial charge >= 0.3 is 0 Å². The van der Waals surface area contributed by atoms with Gasteiger partial charge in [-0.25, -0.2) is 0 Å². The van der Waals surface area contributed by atoms with Crippen molar-refractivity contribution in [3.63, 3.8) is 0 Å². The van der Waals surface area contributed by atoms with Crippen LogP contribution in [0, 0.1) is 10.8 Å². The van der Waals surface area contributed by atoms with E-state index in [0.717, 1.165) is 13.2 Å². The van der Waals surface area contributed by atoms with E-state index in [4.69, 9.17) is 35.4 Å². The first-order valence-electron chi connectivity index (χ1n) is 8.13. The minimum absolute atomic E-state index is 0.156. The third-order valence-corrected chi connectivity index (χ3v) is 3.92. The Hall–Kier alpha value is -0.280. The summed E-state index contributed by atoms with van der Waals surface area (Å²) in [6.45, 7) is 8.37. The average Bonchev–Trinajstić information content (AvgIpc) is 2.62. The third kappa shape index (κ3) is 12.8. The molecule has 0 rings (SSSR count). The molecule has 0 bridgehead atoms. The molecule has 7 nitrogen and oxygen atoms in total. The summed E-state index contributed by atoms with van der Waals surface area (Å²) in [6.07, 6.45) is 1.19. The SMILES string of the molecule is CCC(CO)(CO)CO.CCC(CO)(CO)CO.CCOCC. The van der Waals surface area contributed by atoms with E-state index in [2.05, 4.69) is 0 Å². The summed E-state index contributed by atoms with van der Waals surface area (Å²) in [4.78, 5) is 0. The first-order valence-corrected chi connectivity index (χ1v) is 8.13. The van der Waals surface area contributed by atoms with Gasteiger partial charge in [0.1, 0.15) is 0 Å². The van der Waals surface area contributed by atoms with Crippen LogP contribution in [0.5, 0.6) is 0 Å². The third-order valence-electron chi connectivity index (χ3n) is 3.92. The van der Waals surface area contributed by atoms with Gasteiger partial charge in [0.05, 0.1) is 39.6 Å². The van der Waals surface area contributed by atoms with E-state index >= 15 is 0 Å². The predicted molar refractivity (Wildman–Crippen MR) is 90.1 cm³/mol. The summed E-state index contributed by atoms with van der Waals surface area (Å²) >= 11 is 0. The van der Waals surface area contributed by atoms with Crippen LogP contribution >= 0.6 is 0 Å². The molecule has 0 atom stereocenters. The molecular formula is C16H38O7. The van der Waals surface area contributed by atoms with Crippen LogP contribution in [-0.2, 0) is 4.74 Å². The highest BCUT2D eigenvalue weighted by molar-refractivity contribution is 4.74. The van der Waals surface area contributed by atoms with Gasteiger partial charge < -0.3 is 35.4 Å². The Morgan fingerprint density at radius 1 is 0.522 bits per heavy atom. The molecule has 0 aliphatic carbocycles. The molecule has 0 saturated carbocycles. The molecule has 0 aliphatic rings. The van der Waals surface area contributed by atoms with Crippen molar-refractivity contribution in [2.24, 2.45) is 10.8 Å². The van der Waals surface area contributed by atoms with Gasteiger partial charge in [-0.05, 0) is 26.7 Å². The molecule has 0 heterocycles. The molecule has 0 fully saturated rings. The van der Waals surface area contributed by atoms with E-state index in [-0.39, 0.29) is 39.6 Å². The zero-order chi connectivity index (χ0) is 18.8. The van der Waals surface area contributed by atoms with Crippen molar-refractivity contribution in [2.45, 2.75) is 40.5 Å².